The Hall–Kier alpha value is -3.04. The van der Waals surface area contributed by atoms with Gasteiger partial charge >= 0.3 is 0 Å². The zero-order valence-corrected chi connectivity index (χ0v) is 15.3. The SMILES string of the molecule is O=[N+]([O-])c1ccc(NC(=S)Nc2cnn(Cc3c(F)cccc3Cl)c2)cc1. The van der Waals surface area contributed by atoms with Crippen LogP contribution in [0.1, 0.15) is 5.56 Å². The number of rotatable bonds is 5. The van der Waals surface area contributed by atoms with Gasteiger partial charge in [-0.2, -0.15) is 5.10 Å². The molecule has 0 aliphatic heterocycles. The molecule has 3 rings (SSSR count). The molecule has 138 valence electrons. The first kappa shape index (κ1) is 18.7. The first-order chi connectivity index (χ1) is 12.9. The van der Waals surface area contributed by atoms with E-state index in [-0.39, 0.29) is 17.3 Å². The van der Waals surface area contributed by atoms with E-state index in [1.165, 1.54) is 22.9 Å². The lowest BCUT2D eigenvalue weighted by atomic mass is 10.2. The normalized spacial score (nSPS) is 10.4. The summed E-state index contributed by atoms with van der Waals surface area (Å²) >= 11 is 11.2. The molecule has 0 amide bonds. The number of nitrogens with zero attached hydrogens (tertiary/aromatic N) is 3. The van der Waals surface area contributed by atoms with Crippen LogP contribution in [0.4, 0.5) is 21.5 Å². The Balaban J connectivity index is 1.61. The number of non-ortho nitro benzene ring substituents is 1. The third-order valence-corrected chi connectivity index (χ3v) is 4.17. The zero-order valence-electron chi connectivity index (χ0n) is 13.7. The third kappa shape index (κ3) is 4.78. The Kier molecular flexibility index (Phi) is 5.63. The molecule has 1 aromatic heterocycles. The molecular weight excluding hydrogens is 393 g/mol. The number of benzene rings is 2. The van der Waals surface area contributed by atoms with Gasteiger partial charge < -0.3 is 10.6 Å². The molecule has 7 nitrogen and oxygen atoms in total. The van der Waals surface area contributed by atoms with Crippen molar-refractivity contribution in [1.29, 1.82) is 0 Å². The predicted molar refractivity (Wildman–Crippen MR) is 106 cm³/mol. The largest absolute Gasteiger partial charge is 0.332 e. The first-order valence-electron chi connectivity index (χ1n) is 7.70. The van der Waals surface area contributed by atoms with Crippen LogP contribution in [0, 0.1) is 15.9 Å². The van der Waals surface area contributed by atoms with Gasteiger partial charge in [-0.1, -0.05) is 17.7 Å². The molecule has 0 aliphatic rings. The van der Waals surface area contributed by atoms with Crippen LogP contribution in [0.2, 0.25) is 5.02 Å². The maximum Gasteiger partial charge on any atom is 0.269 e. The number of hydrogen-bond acceptors (Lipinski definition) is 4. The fraction of sp³-hybridized carbons (Fsp3) is 0.0588. The van der Waals surface area contributed by atoms with E-state index in [0.717, 1.165) is 0 Å². The molecule has 1 heterocycles. The van der Waals surface area contributed by atoms with Crippen molar-refractivity contribution in [2.24, 2.45) is 0 Å². The van der Waals surface area contributed by atoms with Gasteiger partial charge in [-0.25, -0.2) is 4.39 Å². The maximum absolute atomic E-state index is 13.9. The van der Waals surface area contributed by atoms with Crippen molar-refractivity contribution in [3.05, 3.63) is 81.4 Å². The van der Waals surface area contributed by atoms with Crippen LogP contribution in [0.15, 0.2) is 54.9 Å². The second-order valence-electron chi connectivity index (χ2n) is 5.51. The van der Waals surface area contributed by atoms with Gasteiger partial charge in [-0.05, 0) is 36.5 Å². The molecule has 0 saturated carbocycles. The van der Waals surface area contributed by atoms with E-state index in [0.29, 0.717) is 22.0 Å². The summed E-state index contributed by atoms with van der Waals surface area (Å²) in [6, 6.07) is 10.4. The maximum atomic E-state index is 13.9. The molecule has 10 heteroatoms. The van der Waals surface area contributed by atoms with Crippen molar-refractivity contribution < 1.29 is 9.31 Å². The van der Waals surface area contributed by atoms with Crippen LogP contribution < -0.4 is 10.6 Å². The van der Waals surface area contributed by atoms with Crippen molar-refractivity contribution in [2.45, 2.75) is 6.54 Å². The highest BCUT2D eigenvalue weighted by atomic mass is 35.5. The number of nitro groups is 1. The lowest BCUT2D eigenvalue weighted by Gasteiger charge is -2.09. The van der Waals surface area contributed by atoms with Gasteiger partial charge in [0.05, 0.1) is 23.4 Å². The highest BCUT2D eigenvalue weighted by Gasteiger charge is 2.09. The second-order valence-corrected chi connectivity index (χ2v) is 6.33. The second kappa shape index (κ2) is 8.11. The first-order valence-corrected chi connectivity index (χ1v) is 8.49. The predicted octanol–water partition coefficient (Wildman–Crippen LogP) is 4.44. The van der Waals surface area contributed by atoms with Crippen molar-refractivity contribution >= 4 is 46.0 Å². The topological polar surface area (TPSA) is 85.0 Å². The molecular formula is C17H13ClFN5O2S. The molecule has 0 bridgehead atoms. The van der Waals surface area contributed by atoms with Crippen LogP contribution in [-0.4, -0.2) is 19.8 Å². The summed E-state index contributed by atoms with van der Waals surface area (Å²) in [5, 5.41) is 21.3. The average molecular weight is 406 g/mol. The molecule has 0 fully saturated rings. The van der Waals surface area contributed by atoms with Gasteiger partial charge in [-0.15, -0.1) is 0 Å². The number of hydrogen-bond donors (Lipinski definition) is 2. The smallest absolute Gasteiger partial charge is 0.269 e. The summed E-state index contributed by atoms with van der Waals surface area (Å²) in [5.41, 5.74) is 1.54. The fourth-order valence-electron chi connectivity index (χ4n) is 2.32. The van der Waals surface area contributed by atoms with Gasteiger partial charge in [0.25, 0.3) is 5.69 Å². The Bertz CT molecular complexity index is 973. The monoisotopic (exact) mass is 405 g/mol. The molecule has 27 heavy (non-hydrogen) atoms. The van der Waals surface area contributed by atoms with Crippen molar-refractivity contribution in [3.8, 4) is 0 Å². The van der Waals surface area contributed by atoms with Crippen LogP contribution in [0.5, 0.6) is 0 Å². The summed E-state index contributed by atoms with van der Waals surface area (Å²) in [5.74, 6) is -0.400. The lowest BCUT2D eigenvalue weighted by molar-refractivity contribution is -0.384. The molecule has 0 unspecified atom stereocenters. The zero-order chi connectivity index (χ0) is 19.4. The van der Waals surface area contributed by atoms with Crippen molar-refractivity contribution in [1.82, 2.24) is 9.78 Å². The lowest BCUT2D eigenvalue weighted by Crippen LogP contribution is -2.18. The number of aromatic nitrogens is 2. The van der Waals surface area contributed by atoms with Crippen LogP contribution in [0.3, 0.4) is 0 Å². The standard InChI is InChI=1S/C17H13ClFN5O2S/c18-15-2-1-3-16(19)14(15)10-23-9-12(8-20-23)22-17(27)21-11-4-6-13(7-5-11)24(25)26/h1-9H,10H2,(H2,21,22,27). The fourth-order valence-corrected chi connectivity index (χ4v) is 2.78. The number of nitro benzene ring substituents is 1. The van der Waals surface area contributed by atoms with Gasteiger partial charge in [0.2, 0.25) is 0 Å². The van der Waals surface area contributed by atoms with Gasteiger partial charge in [0, 0.05) is 34.6 Å². The summed E-state index contributed by atoms with van der Waals surface area (Å²) in [6.07, 6.45) is 3.20. The highest BCUT2D eigenvalue weighted by Crippen LogP contribution is 2.20. The van der Waals surface area contributed by atoms with E-state index in [9.17, 15) is 14.5 Å². The Morgan fingerprint density at radius 3 is 2.59 bits per heavy atom. The van der Waals surface area contributed by atoms with Gasteiger partial charge in [0.15, 0.2) is 5.11 Å². The van der Waals surface area contributed by atoms with E-state index in [1.54, 1.807) is 36.7 Å². The van der Waals surface area contributed by atoms with Crippen LogP contribution in [0.25, 0.3) is 0 Å². The van der Waals surface area contributed by atoms with E-state index < -0.39 is 10.7 Å². The molecule has 0 radical (unpaired) electrons. The van der Waals surface area contributed by atoms with E-state index in [4.69, 9.17) is 23.8 Å². The Labute approximate surface area is 163 Å². The quantitative estimate of drug-likeness (QED) is 0.371. The minimum atomic E-state index is -0.476. The number of anilines is 2. The van der Waals surface area contributed by atoms with E-state index in [1.807, 2.05) is 0 Å². The molecule has 2 N–H and O–H groups in total. The number of halogens is 2. The Morgan fingerprint density at radius 1 is 1.22 bits per heavy atom. The van der Waals surface area contributed by atoms with Crippen LogP contribution >= 0.6 is 23.8 Å². The summed E-state index contributed by atoms with van der Waals surface area (Å²) in [4.78, 5) is 10.2. The highest BCUT2D eigenvalue weighted by molar-refractivity contribution is 7.80. The summed E-state index contributed by atoms with van der Waals surface area (Å²) < 4.78 is 15.4. The summed E-state index contributed by atoms with van der Waals surface area (Å²) in [7, 11) is 0. The summed E-state index contributed by atoms with van der Waals surface area (Å²) in [6.45, 7) is 0.176. The Morgan fingerprint density at radius 2 is 1.93 bits per heavy atom. The van der Waals surface area contributed by atoms with Gasteiger partial charge in [-0.3, -0.25) is 14.8 Å². The minimum absolute atomic E-state index is 0.00694. The third-order valence-electron chi connectivity index (χ3n) is 3.61. The number of thiocarbonyl (C=S) groups is 1. The number of nitrogens with one attached hydrogen (secondary N) is 2. The van der Waals surface area contributed by atoms with Crippen molar-refractivity contribution in [2.75, 3.05) is 10.6 Å². The molecule has 0 spiro atoms. The van der Waals surface area contributed by atoms with Crippen LogP contribution in [-0.2, 0) is 6.54 Å². The molecule has 0 aliphatic carbocycles. The molecule has 0 saturated heterocycles. The van der Waals surface area contributed by atoms with E-state index >= 15 is 0 Å². The molecule has 3 aromatic rings. The molecule has 0 atom stereocenters. The molecule has 2 aromatic carbocycles. The van der Waals surface area contributed by atoms with Gasteiger partial charge in [0.1, 0.15) is 5.82 Å². The minimum Gasteiger partial charge on any atom is -0.332 e. The van der Waals surface area contributed by atoms with E-state index in [2.05, 4.69) is 15.7 Å². The average Bonchev–Trinajstić information content (AvgIpc) is 3.05. The van der Waals surface area contributed by atoms with Crippen molar-refractivity contribution in [3.63, 3.8) is 0 Å².